The quantitative estimate of drug-likeness (QED) is 0.687. The maximum Gasteiger partial charge on any atom is 0.117 e. The summed E-state index contributed by atoms with van der Waals surface area (Å²) in [7, 11) is 2.25. The number of likely N-dealkylation sites (N-methyl/N-ethyl adjacent to an activating group) is 1. The van der Waals surface area contributed by atoms with Gasteiger partial charge in [0.25, 0.3) is 0 Å². The molecule has 1 aromatic carbocycles. The summed E-state index contributed by atoms with van der Waals surface area (Å²) in [6, 6.07) is 7.03. The number of aromatic nitrogens is 1. The molecule has 4 rings (SSSR count). The summed E-state index contributed by atoms with van der Waals surface area (Å²) in [5.74, 6) is 0.294. The van der Waals surface area contributed by atoms with E-state index in [9.17, 15) is 5.11 Å². The van der Waals surface area contributed by atoms with Crippen LogP contribution in [0.4, 0.5) is 0 Å². The molecule has 3 atom stereocenters. The zero-order valence-electron chi connectivity index (χ0n) is 11.1. The first kappa shape index (κ1) is 11.3. The first-order valence-electron chi connectivity index (χ1n) is 7.02. The molecule has 1 aliphatic carbocycles. The Morgan fingerprint density at radius 3 is 3.16 bits per heavy atom. The molecule has 98 valence electrons. The van der Waals surface area contributed by atoms with Gasteiger partial charge in [-0.2, -0.15) is 0 Å². The number of nitrogens with one attached hydrogen (secondary N) is 2. The predicted molar refractivity (Wildman–Crippen MR) is 76.1 cm³/mol. The monoisotopic (exact) mass is 255 g/mol. The number of hydrogen-bond donors (Lipinski definition) is 3. The van der Waals surface area contributed by atoms with Gasteiger partial charge in [0.1, 0.15) is 6.04 Å². The third kappa shape index (κ3) is 1.52. The number of aliphatic hydroxyl groups excluding tert-OH is 1. The molecule has 1 aliphatic heterocycles. The van der Waals surface area contributed by atoms with E-state index in [2.05, 4.69) is 42.5 Å². The summed E-state index contributed by atoms with van der Waals surface area (Å²) >= 11 is 0. The summed E-state index contributed by atoms with van der Waals surface area (Å²) in [6.07, 6.45) is 5.57. The van der Waals surface area contributed by atoms with Crippen LogP contribution < -0.4 is 4.90 Å². The molecule has 0 saturated carbocycles. The highest BCUT2D eigenvalue weighted by Gasteiger charge is 2.36. The highest BCUT2D eigenvalue weighted by atomic mass is 16.3. The predicted octanol–water partition coefficient (Wildman–Crippen LogP) is 0.613. The molecule has 0 spiro atoms. The van der Waals surface area contributed by atoms with Crippen molar-refractivity contribution in [2.75, 3.05) is 20.2 Å². The highest BCUT2D eigenvalue weighted by Crippen LogP contribution is 2.36. The Kier molecular flexibility index (Phi) is 2.34. The van der Waals surface area contributed by atoms with Crippen molar-refractivity contribution in [1.29, 1.82) is 0 Å². The average molecular weight is 255 g/mol. The molecular weight excluding hydrogens is 236 g/mol. The van der Waals surface area contributed by atoms with Crippen LogP contribution in [0.15, 0.2) is 30.5 Å². The molecule has 0 radical (unpaired) electrons. The van der Waals surface area contributed by atoms with Crippen LogP contribution in [-0.4, -0.2) is 36.3 Å². The average Bonchev–Trinajstić information content (AvgIpc) is 2.85. The second-order valence-electron chi connectivity index (χ2n) is 5.91. The number of quaternary nitrogens is 1. The van der Waals surface area contributed by atoms with E-state index in [1.807, 2.05) is 0 Å². The second-order valence-corrected chi connectivity index (χ2v) is 5.91. The summed E-state index contributed by atoms with van der Waals surface area (Å²) in [5, 5.41) is 10.9. The lowest BCUT2D eigenvalue weighted by Crippen LogP contribution is -3.14. The molecule has 2 aliphatic rings. The largest absolute Gasteiger partial charge is 0.396 e. The van der Waals surface area contributed by atoms with Gasteiger partial charge in [0.2, 0.25) is 0 Å². The van der Waals surface area contributed by atoms with Gasteiger partial charge in [-0.15, -0.1) is 0 Å². The lowest BCUT2D eigenvalue weighted by atomic mass is 9.80. The smallest absolute Gasteiger partial charge is 0.117 e. The van der Waals surface area contributed by atoms with Crippen molar-refractivity contribution in [1.82, 2.24) is 4.98 Å². The van der Waals surface area contributed by atoms with Gasteiger partial charge in [-0.05, 0) is 17.2 Å². The fourth-order valence-corrected chi connectivity index (χ4v) is 3.81. The van der Waals surface area contributed by atoms with Gasteiger partial charge in [0, 0.05) is 29.1 Å². The molecule has 1 unspecified atom stereocenters. The van der Waals surface area contributed by atoms with Gasteiger partial charge >= 0.3 is 0 Å². The summed E-state index contributed by atoms with van der Waals surface area (Å²) in [6.45, 7) is 1.28. The maximum absolute atomic E-state index is 9.48. The Labute approximate surface area is 112 Å². The number of aromatic amines is 1. The van der Waals surface area contributed by atoms with E-state index in [0.29, 0.717) is 12.0 Å². The Bertz CT molecular complexity index is 670. The molecule has 19 heavy (non-hydrogen) atoms. The Morgan fingerprint density at radius 2 is 2.32 bits per heavy atom. The third-order valence-corrected chi connectivity index (χ3v) is 4.73. The van der Waals surface area contributed by atoms with Crippen LogP contribution in [0.1, 0.15) is 11.1 Å². The molecule has 2 heterocycles. The van der Waals surface area contributed by atoms with E-state index in [4.69, 9.17) is 0 Å². The third-order valence-electron chi connectivity index (χ3n) is 4.73. The zero-order chi connectivity index (χ0) is 13.0. The topological polar surface area (TPSA) is 40.5 Å². The molecule has 3 heteroatoms. The normalized spacial score (nSPS) is 29.2. The SMILES string of the molecule is C[NH+]1C[C@@H](CO)C=C2c3cccc4[nH]cc(c34)C[C@@H]21. The molecule has 2 aromatic rings. The number of aliphatic hydroxyl groups is 1. The van der Waals surface area contributed by atoms with Crippen molar-refractivity contribution in [3.63, 3.8) is 0 Å². The second kappa shape index (κ2) is 3.95. The van der Waals surface area contributed by atoms with Crippen LogP contribution in [0.25, 0.3) is 16.5 Å². The van der Waals surface area contributed by atoms with Crippen molar-refractivity contribution in [3.05, 3.63) is 41.6 Å². The first-order chi connectivity index (χ1) is 9.28. The molecule has 0 amide bonds. The first-order valence-corrected chi connectivity index (χ1v) is 7.02. The number of rotatable bonds is 1. The van der Waals surface area contributed by atoms with Gasteiger partial charge < -0.3 is 15.0 Å². The Balaban J connectivity index is 1.97. The van der Waals surface area contributed by atoms with E-state index in [-0.39, 0.29) is 6.61 Å². The van der Waals surface area contributed by atoms with Crippen LogP contribution >= 0.6 is 0 Å². The minimum Gasteiger partial charge on any atom is -0.396 e. The van der Waals surface area contributed by atoms with E-state index < -0.39 is 0 Å². The van der Waals surface area contributed by atoms with Crippen molar-refractivity contribution in [2.24, 2.45) is 5.92 Å². The molecule has 0 fully saturated rings. The highest BCUT2D eigenvalue weighted by molar-refractivity contribution is 5.97. The zero-order valence-corrected chi connectivity index (χ0v) is 11.1. The van der Waals surface area contributed by atoms with Crippen molar-refractivity contribution >= 4 is 16.5 Å². The van der Waals surface area contributed by atoms with Gasteiger partial charge in [-0.3, -0.25) is 0 Å². The summed E-state index contributed by atoms with van der Waals surface area (Å²) < 4.78 is 0. The molecule has 1 aromatic heterocycles. The number of benzene rings is 1. The van der Waals surface area contributed by atoms with Crippen molar-refractivity contribution < 1.29 is 10.0 Å². The van der Waals surface area contributed by atoms with Crippen LogP contribution in [0.3, 0.4) is 0 Å². The lowest BCUT2D eigenvalue weighted by molar-refractivity contribution is -0.901. The van der Waals surface area contributed by atoms with Crippen LogP contribution in [-0.2, 0) is 6.42 Å². The van der Waals surface area contributed by atoms with E-state index in [0.717, 1.165) is 13.0 Å². The maximum atomic E-state index is 9.48. The van der Waals surface area contributed by atoms with Crippen LogP contribution in [0, 0.1) is 5.92 Å². The fraction of sp³-hybridized carbons (Fsp3) is 0.375. The molecule has 0 bridgehead atoms. The summed E-state index contributed by atoms with van der Waals surface area (Å²) in [5.41, 5.74) is 5.47. The number of hydrogen-bond acceptors (Lipinski definition) is 1. The Hall–Kier alpha value is -1.58. The standard InChI is InChI=1S/C16H18N2O/c1-18-8-10(9-19)5-13-12-3-2-4-14-16(12)11(7-17-14)6-15(13)18/h2-5,7,10,15,17,19H,6,8-9H2,1H3/p+1/t10-,15-/m0/s1. The van der Waals surface area contributed by atoms with E-state index >= 15 is 0 Å². The van der Waals surface area contributed by atoms with Gasteiger partial charge in [-0.25, -0.2) is 0 Å². The number of H-pyrrole nitrogens is 1. The fourth-order valence-electron chi connectivity index (χ4n) is 3.81. The van der Waals surface area contributed by atoms with Gasteiger partial charge in [-0.1, -0.05) is 18.2 Å². The minimum atomic E-state index is 0.254. The number of fused-ring (bicyclic) bond motifs is 2. The molecule has 0 saturated heterocycles. The Morgan fingerprint density at radius 1 is 1.42 bits per heavy atom. The van der Waals surface area contributed by atoms with E-state index in [1.54, 1.807) is 0 Å². The summed E-state index contributed by atoms with van der Waals surface area (Å²) in [4.78, 5) is 4.90. The van der Waals surface area contributed by atoms with Crippen LogP contribution in [0.2, 0.25) is 0 Å². The molecule has 3 N–H and O–H groups in total. The molecular formula is C16H19N2O+. The van der Waals surface area contributed by atoms with Crippen molar-refractivity contribution in [3.8, 4) is 0 Å². The minimum absolute atomic E-state index is 0.254. The molecule has 3 nitrogen and oxygen atoms in total. The van der Waals surface area contributed by atoms with Gasteiger partial charge in [0.15, 0.2) is 0 Å². The van der Waals surface area contributed by atoms with Crippen LogP contribution in [0.5, 0.6) is 0 Å². The lowest BCUT2D eigenvalue weighted by Gasteiger charge is -2.36. The van der Waals surface area contributed by atoms with Crippen molar-refractivity contribution in [2.45, 2.75) is 12.5 Å². The van der Waals surface area contributed by atoms with Gasteiger partial charge in [0.05, 0.1) is 26.1 Å². The van der Waals surface area contributed by atoms with E-state index in [1.165, 1.54) is 32.5 Å².